The molecule has 3 rings (SSSR count). The van der Waals surface area contributed by atoms with Crippen LogP contribution in [-0.4, -0.2) is 44.3 Å². The van der Waals surface area contributed by atoms with E-state index in [4.69, 9.17) is 23.2 Å². The number of halogens is 2. The number of anilines is 1. The van der Waals surface area contributed by atoms with Gasteiger partial charge in [-0.2, -0.15) is 0 Å². The number of para-hydroxylation sites is 1. The Morgan fingerprint density at radius 1 is 0.947 bits per heavy atom. The van der Waals surface area contributed by atoms with Gasteiger partial charge in [-0.3, -0.25) is 13.9 Å². The van der Waals surface area contributed by atoms with Crippen molar-refractivity contribution in [2.45, 2.75) is 44.7 Å². The Morgan fingerprint density at radius 3 is 2.26 bits per heavy atom. The number of aryl methyl sites for hydroxylation is 1. The molecule has 3 aromatic rings. The molecule has 10 heteroatoms. The molecule has 0 spiro atoms. The average molecular weight is 577 g/mol. The largest absolute Gasteiger partial charge is 0.354 e. The van der Waals surface area contributed by atoms with Crippen molar-refractivity contribution >= 4 is 50.7 Å². The van der Waals surface area contributed by atoms with Crippen LogP contribution in [0.2, 0.25) is 10.0 Å². The van der Waals surface area contributed by atoms with Gasteiger partial charge in [0.05, 0.1) is 10.6 Å². The molecular formula is C28H31Cl2N3O4S. The molecule has 0 heterocycles. The number of carbonyl (C=O) groups is 2. The number of hydrogen-bond acceptors (Lipinski definition) is 4. The first-order valence-electron chi connectivity index (χ1n) is 12.2. The maximum Gasteiger partial charge on any atom is 0.264 e. The van der Waals surface area contributed by atoms with Gasteiger partial charge in [0.25, 0.3) is 10.0 Å². The van der Waals surface area contributed by atoms with Crippen molar-refractivity contribution < 1.29 is 18.0 Å². The molecule has 38 heavy (non-hydrogen) atoms. The molecule has 0 aromatic heterocycles. The summed E-state index contributed by atoms with van der Waals surface area (Å²) in [6, 6.07) is 18.8. The first-order valence-corrected chi connectivity index (χ1v) is 14.4. The number of sulfonamides is 1. The highest BCUT2D eigenvalue weighted by Crippen LogP contribution is 2.28. The number of nitrogens with zero attached hydrogens (tertiary/aromatic N) is 2. The Kier molecular flexibility index (Phi) is 10.2. The fourth-order valence-corrected chi connectivity index (χ4v) is 5.72. The fraction of sp³-hybridized carbons (Fsp3) is 0.286. The van der Waals surface area contributed by atoms with Crippen LogP contribution in [0.15, 0.2) is 77.7 Å². The maximum absolute atomic E-state index is 13.9. The molecule has 0 aliphatic heterocycles. The lowest BCUT2D eigenvalue weighted by Crippen LogP contribution is -2.51. The highest BCUT2D eigenvalue weighted by atomic mass is 35.5. The zero-order valence-electron chi connectivity index (χ0n) is 21.5. The van der Waals surface area contributed by atoms with Gasteiger partial charge in [-0.15, -0.1) is 0 Å². The number of nitrogens with one attached hydrogen (secondary N) is 1. The Balaban J connectivity index is 2.03. The standard InChI is InChI=1S/C28H31Cl2N3O4S/c1-4-16-31-28(35)21(3)32(18-22-9-7-10-24(30)17-22)27(34)19-33(26-11-6-5-8-20(26)2)38(36,37)25-14-12-23(29)13-15-25/h5-15,17,21H,4,16,18-19H2,1-3H3,(H,31,35)/t21-/m1/s1. The summed E-state index contributed by atoms with van der Waals surface area (Å²) in [4.78, 5) is 28.1. The average Bonchev–Trinajstić information content (AvgIpc) is 2.89. The van der Waals surface area contributed by atoms with Gasteiger partial charge in [-0.25, -0.2) is 8.42 Å². The Morgan fingerprint density at radius 2 is 1.63 bits per heavy atom. The van der Waals surface area contributed by atoms with E-state index in [9.17, 15) is 18.0 Å². The third-order valence-corrected chi connectivity index (χ3v) is 8.28. The summed E-state index contributed by atoms with van der Waals surface area (Å²) < 4.78 is 28.7. The van der Waals surface area contributed by atoms with Crippen LogP contribution in [-0.2, 0) is 26.2 Å². The third-order valence-electron chi connectivity index (χ3n) is 6.02. The summed E-state index contributed by atoms with van der Waals surface area (Å²) in [7, 11) is -4.16. The zero-order valence-corrected chi connectivity index (χ0v) is 23.9. The Bertz CT molecular complexity index is 1380. The normalized spacial score (nSPS) is 12.0. The van der Waals surface area contributed by atoms with E-state index < -0.39 is 28.5 Å². The minimum absolute atomic E-state index is 0.00641. The smallest absolute Gasteiger partial charge is 0.264 e. The van der Waals surface area contributed by atoms with Crippen LogP contribution >= 0.6 is 23.2 Å². The minimum Gasteiger partial charge on any atom is -0.354 e. The summed E-state index contributed by atoms with van der Waals surface area (Å²) in [5.41, 5.74) is 1.75. The van der Waals surface area contributed by atoms with E-state index in [1.807, 2.05) is 6.92 Å². The summed E-state index contributed by atoms with van der Waals surface area (Å²) >= 11 is 12.1. The number of hydrogen-bond donors (Lipinski definition) is 1. The molecule has 0 saturated heterocycles. The van der Waals surface area contributed by atoms with Crippen LogP contribution in [0.4, 0.5) is 5.69 Å². The lowest BCUT2D eigenvalue weighted by atomic mass is 10.1. The molecule has 3 aromatic carbocycles. The van der Waals surface area contributed by atoms with Gasteiger partial charge in [0.15, 0.2) is 0 Å². The first-order chi connectivity index (χ1) is 18.0. The van der Waals surface area contributed by atoms with Crippen molar-refractivity contribution in [2.75, 3.05) is 17.4 Å². The highest BCUT2D eigenvalue weighted by Gasteiger charge is 2.33. The van der Waals surface area contributed by atoms with Gasteiger partial charge in [-0.05, 0) is 73.9 Å². The van der Waals surface area contributed by atoms with E-state index in [1.165, 1.54) is 29.2 Å². The fourth-order valence-electron chi connectivity index (χ4n) is 3.90. The van der Waals surface area contributed by atoms with Gasteiger partial charge in [0, 0.05) is 23.1 Å². The highest BCUT2D eigenvalue weighted by molar-refractivity contribution is 7.92. The van der Waals surface area contributed by atoms with Crippen molar-refractivity contribution in [3.63, 3.8) is 0 Å². The molecule has 0 aliphatic carbocycles. The molecule has 202 valence electrons. The SMILES string of the molecule is CCCNC(=O)[C@@H](C)N(Cc1cccc(Cl)c1)C(=O)CN(c1ccccc1C)S(=O)(=O)c1ccc(Cl)cc1. The van der Waals surface area contributed by atoms with Crippen molar-refractivity contribution in [3.8, 4) is 0 Å². The molecule has 2 amide bonds. The van der Waals surface area contributed by atoms with Crippen molar-refractivity contribution in [1.82, 2.24) is 10.2 Å². The van der Waals surface area contributed by atoms with Crippen LogP contribution in [0, 0.1) is 6.92 Å². The van der Waals surface area contributed by atoms with Crippen LogP contribution in [0.1, 0.15) is 31.4 Å². The quantitative estimate of drug-likeness (QED) is 0.330. The van der Waals surface area contributed by atoms with Crippen LogP contribution in [0.5, 0.6) is 0 Å². The third kappa shape index (κ3) is 7.28. The molecule has 0 aliphatic rings. The van der Waals surface area contributed by atoms with E-state index in [2.05, 4.69) is 5.32 Å². The topological polar surface area (TPSA) is 86.8 Å². The summed E-state index contributed by atoms with van der Waals surface area (Å²) in [6.45, 7) is 5.35. The molecule has 0 saturated carbocycles. The van der Waals surface area contributed by atoms with Gasteiger partial charge >= 0.3 is 0 Å². The second-order valence-electron chi connectivity index (χ2n) is 8.87. The van der Waals surface area contributed by atoms with Crippen molar-refractivity contribution in [2.24, 2.45) is 0 Å². The lowest BCUT2D eigenvalue weighted by Gasteiger charge is -2.32. The molecule has 7 nitrogen and oxygen atoms in total. The molecule has 0 fully saturated rings. The van der Waals surface area contributed by atoms with E-state index in [1.54, 1.807) is 62.4 Å². The lowest BCUT2D eigenvalue weighted by molar-refractivity contribution is -0.139. The van der Waals surface area contributed by atoms with Gasteiger partial charge in [-0.1, -0.05) is 60.5 Å². The Labute approximate surface area is 234 Å². The zero-order chi connectivity index (χ0) is 27.9. The monoisotopic (exact) mass is 575 g/mol. The predicted molar refractivity (Wildman–Crippen MR) is 152 cm³/mol. The minimum atomic E-state index is -4.16. The van der Waals surface area contributed by atoms with E-state index in [-0.39, 0.29) is 17.3 Å². The number of rotatable bonds is 11. The van der Waals surface area contributed by atoms with Crippen LogP contribution in [0.3, 0.4) is 0 Å². The Hall–Kier alpha value is -3.07. The second kappa shape index (κ2) is 13.1. The number of benzene rings is 3. The summed E-state index contributed by atoms with van der Waals surface area (Å²) in [5.74, 6) is -0.866. The summed E-state index contributed by atoms with van der Waals surface area (Å²) in [6.07, 6.45) is 0.737. The van der Waals surface area contributed by atoms with Gasteiger partial charge < -0.3 is 10.2 Å². The van der Waals surface area contributed by atoms with E-state index >= 15 is 0 Å². The molecule has 0 unspecified atom stereocenters. The predicted octanol–water partition coefficient (Wildman–Crippen LogP) is 5.44. The van der Waals surface area contributed by atoms with Crippen molar-refractivity contribution in [3.05, 3.63) is 94.0 Å². The van der Waals surface area contributed by atoms with Crippen LogP contribution < -0.4 is 9.62 Å². The van der Waals surface area contributed by atoms with Gasteiger partial charge in [0.1, 0.15) is 12.6 Å². The maximum atomic E-state index is 13.9. The van der Waals surface area contributed by atoms with E-state index in [0.717, 1.165) is 10.7 Å². The summed E-state index contributed by atoms with van der Waals surface area (Å²) in [5, 5.41) is 3.70. The van der Waals surface area contributed by atoms with Gasteiger partial charge in [0.2, 0.25) is 11.8 Å². The number of carbonyl (C=O) groups excluding carboxylic acids is 2. The van der Waals surface area contributed by atoms with Crippen LogP contribution in [0.25, 0.3) is 0 Å². The molecule has 0 radical (unpaired) electrons. The molecular weight excluding hydrogens is 545 g/mol. The first kappa shape index (κ1) is 29.5. The van der Waals surface area contributed by atoms with Crippen molar-refractivity contribution in [1.29, 1.82) is 0 Å². The molecule has 0 bridgehead atoms. The van der Waals surface area contributed by atoms with E-state index in [0.29, 0.717) is 33.4 Å². The molecule has 1 atom stereocenters. The second-order valence-corrected chi connectivity index (χ2v) is 11.6. The number of amides is 2. The molecule has 1 N–H and O–H groups in total.